The van der Waals surface area contributed by atoms with E-state index in [-0.39, 0.29) is 24.5 Å². The van der Waals surface area contributed by atoms with E-state index in [1.807, 2.05) is 14.1 Å². The molecule has 0 spiro atoms. The second-order valence-corrected chi connectivity index (χ2v) is 7.39. The Morgan fingerprint density at radius 3 is 2.31 bits per heavy atom. The van der Waals surface area contributed by atoms with Crippen molar-refractivity contribution in [1.29, 1.82) is 0 Å². The first kappa shape index (κ1) is 22.4. The van der Waals surface area contributed by atoms with Crippen LogP contribution in [0.5, 0.6) is 5.75 Å². The summed E-state index contributed by atoms with van der Waals surface area (Å²) in [6, 6.07) is 15.4. The van der Waals surface area contributed by atoms with Crippen LogP contribution in [-0.2, 0) is 11.2 Å². The number of amides is 2. The normalized spacial score (nSPS) is 11.8. The molecule has 0 bridgehead atoms. The summed E-state index contributed by atoms with van der Waals surface area (Å²) in [6.45, 7) is 2.56. The molecule has 6 heteroatoms. The first-order valence-electron chi connectivity index (χ1n) is 9.78. The number of hydrogen-bond acceptors (Lipinski definition) is 4. The van der Waals surface area contributed by atoms with Gasteiger partial charge in [0, 0.05) is 26.2 Å². The van der Waals surface area contributed by atoms with Gasteiger partial charge in [-0.25, -0.2) is 0 Å². The Morgan fingerprint density at radius 2 is 1.72 bits per heavy atom. The number of aryl methyl sites for hydroxylation is 1. The summed E-state index contributed by atoms with van der Waals surface area (Å²) in [5.74, 6) is 0.182. The fourth-order valence-electron chi connectivity index (χ4n) is 2.87. The molecule has 0 aliphatic rings. The van der Waals surface area contributed by atoms with Gasteiger partial charge in [0.05, 0.1) is 6.04 Å². The van der Waals surface area contributed by atoms with E-state index in [0.29, 0.717) is 17.9 Å². The van der Waals surface area contributed by atoms with Gasteiger partial charge in [0.2, 0.25) is 0 Å². The predicted molar refractivity (Wildman–Crippen MR) is 115 cm³/mol. The van der Waals surface area contributed by atoms with E-state index in [0.717, 1.165) is 12.0 Å². The quantitative estimate of drug-likeness (QED) is 0.707. The van der Waals surface area contributed by atoms with Gasteiger partial charge in [-0.2, -0.15) is 0 Å². The standard InChI is InChI=1S/C23H31N3O3/c1-6-17-10-12-18(13-11-17)21(25(2)3)15-24-23(28)19-8-7-9-20(14-19)29-16-22(27)26(4)5/h7-14,21H,6,15-16H2,1-5H3,(H,24,28). The Bertz CT molecular complexity index is 816. The minimum absolute atomic E-state index is 0.0610. The molecule has 156 valence electrons. The molecule has 0 saturated heterocycles. The highest BCUT2D eigenvalue weighted by molar-refractivity contribution is 5.94. The predicted octanol–water partition coefficient (Wildman–Crippen LogP) is 2.75. The van der Waals surface area contributed by atoms with Gasteiger partial charge in [0.25, 0.3) is 11.8 Å². The first-order chi connectivity index (χ1) is 13.8. The van der Waals surface area contributed by atoms with E-state index in [1.54, 1.807) is 38.4 Å². The van der Waals surface area contributed by atoms with Gasteiger partial charge < -0.3 is 19.9 Å². The van der Waals surface area contributed by atoms with Crippen LogP contribution >= 0.6 is 0 Å². The van der Waals surface area contributed by atoms with Crippen molar-refractivity contribution < 1.29 is 14.3 Å². The van der Waals surface area contributed by atoms with E-state index in [9.17, 15) is 9.59 Å². The molecule has 0 fully saturated rings. The summed E-state index contributed by atoms with van der Waals surface area (Å²) in [5, 5.41) is 3.01. The number of carbonyl (C=O) groups excluding carboxylic acids is 2. The lowest BCUT2D eigenvalue weighted by Crippen LogP contribution is -2.34. The van der Waals surface area contributed by atoms with Crippen LogP contribution in [0.15, 0.2) is 48.5 Å². The van der Waals surface area contributed by atoms with Crippen LogP contribution in [0.1, 0.15) is 34.5 Å². The maximum atomic E-state index is 12.6. The highest BCUT2D eigenvalue weighted by atomic mass is 16.5. The molecule has 0 aliphatic carbocycles. The van der Waals surface area contributed by atoms with Crippen molar-refractivity contribution >= 4 is 11.8 Å². The molecule has 2 rings (SSSR count). The number of rotatable bonds is 9. The molecule has 2 aromatic carbocycles. The fourth-order valence-corrected chi connectivity index (χ4v) is 2.87. The minimum Gasteiger partial charge on any atom is -0.484 e. The van der Waals surface area contributed by atoms with Crippen molar-refractivity contribution in [3.05, 3.63) is 65.2 Å². The molecule has 0 radical (unpaired) electrons. The molecule has 0 aromatic heterocycles. The highest BCUT2D eigenvalue weighted by Gasteiger charge is 2.16. The molecular formula is C23H31N3O3. The van der Waals surface area contributed by atoms with E-state index in [2.05, 4.69) is 41.4 Å². The zero-order valence-electron chi connectivity index (χ0n) is 17.9. The van der Waals surface area contributed by atoms with Gasteiger partial charge in [-0.05, 0) is 49.8 Å². The van der Waals surface area contributed by atoms with E-state index in [4.69, 9.17) is 4.74 Å². The zero-order chi connectivity index (χ0) is 21.4. The van der Waals surface area contributed by atoms with Gasteiger partial charge >= 0.3 is 0 Å². The number of nitrogens with one attached hydrogen (secondary N) is 1. The Hall–Kier alpha value is -2.86. The largest absolute Gasteiger partial charge is 0.484 e. The summed E-state index contributed by atoms with van der Waals surface area (Å²) in [7, 11) is 7.35. The van der Waals surface area contributed by atoms with Crippen LogP contribution in [0.2, 0.25) is 0 Å². The minimum atomic E-state index is -0.175. The summed E-state index contributed by atoms with van der Waals surface area (Å²) in [4.78, 5) is 27.9. The van der Waals surface area contributed by atoms with Crippen molar-refractivity contribution in [2.24, 2.45) is 0 Å². The zero-order valence-corrected chi connectivity index (χ0v) is 17.9. The average molecular weight is 398 g/mol. The fraction of sp³-hybridized carbons (Fsp3) is 0.391. The lowest BCUT2D eigenvalue weighted by atomic mass is 10.0. The molecule has 6 nitrogen and oxygen atoms in total. The maximum absolute atomic E-state index is 12.6. The summed E-state index contributed by atoms with van der Waals surface area (Å²) in [5.41, 5.74) is 2.95. The van der Waals surface area contributed by atoms with Crippen LogP contribution in [0.25, 0.3) is 0 Å². The topological polar surface area (TPSA) is 61.9 Å². The summed E-state index contributed by atoms with van der Waals surface area (Å²) < 4.78 is 5.50. The van der Waals surface area contributed by atoms with E-state index >= 15 is 0 Å². The van der Waals surface area contributed by atoms with E-state index < -0.39 is 0 Å². The molecule has 0 heterocycles. The lowest BCUT2D eigenvalue weighted by molar-refractivity contribution is -0.130. The van der Waals surface area contributed by atoms with Crippen LogP contribution in [0.4, 0.5) is 0 Å². The SMILES string of the molecule is CCc1ccc(C(CNC(=O)c2cccc(OCC(=O)N(C)C)c2)N(C)C)cc1. The second-order valence-electron chi connectivity index (χ2n) is 7.39. The molecule has 0 aliphatic heterocycles. The van der Waals surface area contributed by atoms with Crippen molar-refractivity contribution in [1.82, 2.24) is 15.1 Å². The third-order valence-electron chi connectivity index (χ3n) is 4.81. The molecular weight excluding hydrogens is 366 g/mol. The Balaban J connectivity index is 2.00. The second kappa shape index (κ2) is 10.6. The van der Waals surface area contributed by atoms with E-state index in [1.165, 1.54) is 10.5 Å². The van der Waals surface area contributed by atoms with Gasteiger partial charge in [0.15, 0.2) is 6.61 Å². The lowest BCUT2D eigenvalue weighted by Gasteiger charge is -2.25. The smallest absolute Gasteiger partial charge is 0.259 e. The number of ether oxygens (including phenoxy) is 1. The number of carbonyl (C=O) groups is 2. The third-order valence-corrected chi connectivity index (χ3v) is 4.81. The van der Waals surface area contributed by atoms with Gasteiger partial charge in [-0.15, -0.1) is 0 Å². The summed E-state index contributed by atoms with van der Waals surface area (Å²) >= 11 is 0. The van der Waals surface area contributed by atoms with Crippen molar-refractivity contribution in [2.45, 2.75) is 19.4 Å². The van der Waals surface area contributed by atoms with Crippen LogP contribution in [-0.4, -0.2) is 63.0 Å². The monoisotopic (exact) mass is 397 g/mol. The molecule has 2 amide bonds. The molecule has 1 unspecified atom stereocenters. The third kappa shape index (κ3) is 6.61. The van der Waals surface area contributed by atoms with Gasteiger partial charge in [-0.1, -0.05) is 37.3 Å². The number of benzene rings is 2. The van der Waals surface area contributed by atoms with Crippen LogP contribution in [0, 0.1) is 0 Å². The molecule has 2 aromatic rings. The van der Waals surface area contributed by atoms with Gasteiger partial charge in [-0.3, -0.25) is 9.59 Å². The Labute approximate surface area is 173 Å². The average Bonchev–Trinajstić information content (AvgIpc) is 2.72. The first-order valence-corrected chi connectivity index (χ1v) is 9.78. The van der Waals surface area contributed by atoms with Gasteiger partial charge in [0.1, 0.15) is 5.75 Å². The molecule has 1 atom stereocenters. The summed E-state index contributed by atoms with van der Waals surface area (Å²) in [6.07, 6.45) is 1.00. The maximum Gasteiger partial charge on any atom is 0.259 e. The highest BCUT2D eigenvalue weighted by Crippen LogP contribution is 2.19. The number of nitrogens with zero attached hydrogens (tertiary/aromatic N) is 2. The van der Waals surface area contributed by atoms with Crippen LogP contribution < -0.4 is 10.1 Å². The molecule has 0 saturated carbocycles. The number of hydrogen-bond donors (Lipinski definition) is 1. The van der Waals surface area contributed by atoms with Crippen molar-refractivity contribution in [3.8, 4) is 5.75 Å². The number of likely N-dealkylation sites (N-methyl/N-ethyl adjacent to an activating group) is 2. The Morgan fingerprint density at radius 1 is 1.03 bits per heavy atom. The molecule has 1 N–H and O–H groups in total. The van der Waals surface area contributed by atoms with Crippen molar-refractivity contribution in [2.75, 3.05) is 41.3 Å². The Kier molecular flexibility index (Phi) is 8.21. The van der Waals surface area contributed by atoms with Crippen LogP contribution in [0.3, 0.4) is 0 Å². The van der Waals surface area contributed by atoms with Crippen molar-refractivity contribution in [3.63, 3.8) is 0 Å². The molecule has 29 heavy (non-hydrogen) atoms.